The molecule has 3 N–H and O–H groups in total. The molecule has 0 spiro atoms. The summed E-state index contributed by atoms with van der Waals surface area (Å²) in [6.45, 7) is 2.21. The van der Waals surface area contributed by atoms with Crippen molar-refractivity contribution in [2.45, 2.75) is 19.4 Å². The molecule has 1 aliphatic heterocycles. The smallest absolute Gasteiger partial charge is 0.405 e. The zero-order chi connectivity index (χ0) is 16.7. The van der Waals surface area contributed by atoms with Gasteiger partial charge in [0, 0.05) is 29.6 Å². The number of amides is 2. The molecule has 0 saturated heterocycles. The van der Waals surface area contributed by atoms with Gasteiger partial charge < -0.3 is 20.3 Å². The van der Waals surface area contributed by atoms with Gasteiger partial charge in [-0.3, -0.25) is 4.79 Å². The average Bonchev–Trinajstić information content (AvgIpc) is 2.89. The Hall–Kier alpha value is -1.92. The zero-order valence-electron chi connectivity index (χ0n) is 12.3. The van der Waals surface area contributed by atoms with Crippen LogP contribution in [0, 0.1) is 0 Å². The van der Waals surface area contributed by atoms with Gasteiger partial charge in [0.2, 0.25) is 5.91 Å². The van der Waals surface area contributed by atoms with E-state index in [9.17, 15) is 9.59 Å². The van der Waals surface area contributed by atoms with Gasteiger partial charge >= 0.3 is 6.09 Å². The van der Waals surface area contributed by atoms with Crippen LogP contribution in [0.1, 0.15) is 24.2 Å². The number of rotatable bonds is 2. The van der Waals surface area contributed by atoms with Crippen molar-refractivity contribution in [3.63, 3.8) is 0 Å². The maximum absolute atomic E-state index is 12.2. The summed E-state index contributed by atoms with van der Waals surface area (Å²) in [5.74, 6) is -0.250. The molecule has 2 amide bonds. The number of benzene rings is 1. The highest BCUT2D eigenvalue weighted by atomic mass is 35.5. The maximum Gasteiger partial charge on any atom is 0.405 e. The van der Waals surface area contributed by atoms with Gasteiger partial charge in [-0.05, 0) is 13.0 Å². The minimum Gasteiger partial charge on any atom is -0.465 e. The van der Waals surface area contributed by atoms with Gasteiger partial charge in [0.15, 0.2) is 0 Å². The molecule has 0 bridgehead atoms. The molecular formula is C15H15Cl2N3O3. The SMILES string of the molecule is C[C@H]1c2c([nH]c3c(Cl)c(Cl)ccc23)CCN1C(=O)CNC(=O)O. The summed E-state index contributed by atoms with van der Waals surface area (Å²) in [4.78, 5) is 27.8. The van der Waals surface area contributed by atoms with Crippen molar-refractivity contribution in [2.24, 2.45) is 0 Å². The summed E-state index contributed by atoms with van der Waals surface area (Å²) >= 11 is 12.3. The third kappa shape index (κ3) is 2.72. The number of halogens is 2. The van der Waals surface area contributed by atoms with Crippen LogP contribution in [0.4, 0.5) is 4.79 Å². The van der Waals surface area contributed by atoms with Gasteiger partial charge in [0.1, 0.15) is 6.54 Å². The Morgan fingerprint density at radius 1 is 1.43 bits per heavy atom. The van der Waals surface area contributed by atoms with E-state index >= 15 is 0 Å². The standard InChI is InChI=1S/C15H15Cl2N3O3/c1-7-12-8-2-3-9(16)13(17)14(8)19-10(12)4-5-20(7)11(21)6-18-15(22)23/h2-3,7,18-19H,4-6H2,1H3,(H,22,23)/t7-/m0/s1. The number of hydrogen-bond donors (Lipinski definition) is 3. The molecule has 8 heteroatoms. The third-order valence-corrected chi connectivity index (χ3v) is 4.99. The highest BCUT2D eigenvalue weighted by Gasteiger charge is 2.31. The van der Waals surface area contributed by atoms with Crippen LogP contribution < -0.4 is 5.32 Å². The van der Waals surface area contributed by atoms with E-state index in [1.807, 2.05) is 13.0 Å². The van der Waals surface area contributed by atoms with Crippen LogP contribution >= 0.6 is 23.2 Å². The number of nitrogens with zero attached hydrogens (tertiary/aromatic N) is 1. The molecule has 0 aliphatic carbocycles. The van der Waals surface area contributed by atoms with E-state index in [0.29, 0.717) is 23.0 Å². The summed E-state index contributed by atoms with van der Waals surface area (Å²) in [7, 11) is 0. The molecule has 122 valence electrons. The number of H-pyrrole nitrogens is 1. The van der Waals surface area contributed by atoms with Crippen LogP contribution in [0.15, 0.2) is 12.1 Å². The Kier molecular flexibility index (Phi) is 4.12. The molecule has 1 aromatic heterocycles. The Labute approximate surface area is 142 Å². The molecule has 0 saturated carbocycles. The van der Waals surface area contributed by atoms with Gasteiger partial charge in [-0.1, -0.05) is 29.3 Å². The number of hydrogen-bond acceptors (Lipinski definition) is 2. The van der Waals surface area contributed by atoms with Gasteiger partial charge in [-0.2, -0.15) is 0 Å². The van der Waals surface area contributed by atoms with Crippen molar-refractivity contribution in [3.8, 4) is 0 Å². The van der Waals surface area contributed by atoms with E-state index < -0.39 is 6.09 Å². The molecule has 0 radical (unpaired) electrons. The number of carbonyl (C=O) groups is 2. The van der Waals surface area contributed by atoms with Crippen LogP contribution in [-0.2, 0) is 11.2 Å². The molecule has 0 fully saturated rings. The number of carboxylic acid groups (broad SMARTS) is 1. The monoisotopic (exact) mass is 355 g/mol. The molecule has 23 heavy (non-hydrogen) atoms. The van der Waals surface area contributed by atoms with Gasteiger partial charge in [0.05, 0.1) is 21.6 Å². The first-order chi connectivity index (χ1) is 10.9. The first-order valence-electron chi connectivity index (χ1n) is 7.15. The summed E-state index contributed by atoms with van der Waals surface area (Å²) in [6.07, 6.45) is -0.557. The average molecular weight is 356 g/mol. The number of fused-ring (bicyclic) bond motifs is 3. The van der Waals surface area contributed by atoms with Crippen LogP contribution in [0.5, 0.6) is 0 Å². The Morgan fingerprint density at radius 2 is 2.17 bits per heavy atom. The fourth-order valence-corrected chi connectivity index (χ4v) is 3.50. The van der Waals surface area contributed by atoms with E-state index in [4.69, 9.17) is 28.3 Å². The lowest BCUT2D eigenvalue weighted by atomic mass is 9.97. The van der Waals surface area contributed by atoms with E-state index in [1.165, 1.54) is 0 Å². The van der Waals surface area contributed by atoms with E-state index in [-0.39, 0.29) is 18.5 Å². The maximum atomic E-state index is 12.2. The van der Waals surface area contributed by atoms with Crippen LogP contribution in [0.25, 0.3) is 10.9 Å². The summed E-state index contributed by atoms with van der Waals surface area (Å²) in [5, 5.41) is 12.6. The molecule has 1 aliphatic rings. The summed E-state index contributed by atoms with van der Waals surface area (Å²) in [5.41, 5.74) is 2.81. The van der Waals surface area contributed by atoms with Crippen molar-refractivity contribution in [1.82, 2.24) is 15.2 Å². The van der Waals surface area contributed by atoms with E-state index in [2.05, 4.69) is 10.3 Å². The highest BCUT2D eigenvalue weighted by Crippen LogP contribution is 2.39. The summed E-state index contributed by atoms with van der Waals surface area (Å²) < 4.78 is 0. The van der Waals surface area contributed by atoms with Crippen LogP contribution in [-0.4, -0.2) is 40.1 Å². The molecule has 1 atom stereocenters. The van der Waals surface area contributed by atoms with Crippen molar-refractivity contribution in [1.29, 1.82) is 0 Å². The number of aromatic amines is 1. The quantitative estimate of drug-likeness (QED) is 0.773. The van der Waals surface area contributed by atoms with Crippen LogP contribution in [0.3, 0.4) is 0 Å². The summed E-state index contributed by atoms with van der Waals surface area (Å²) in [6, 6.07) is 3.45. The lowest BCUT2D eigenvalue weighted by Gasteiger charge is -2.34. The number of nitrogens with one attached hydrogen (secondary N) is 2. The normalized spacial score (nSPS) is 17.2. The first-order valence-corrected chi connectivity index (χ1v) is 7.90. The largest absolute Gasteiger partial charge is 0.465 e. The second-order valence-corrected chi connectivity index (χ2v) is 6.26. The van der Waals surface area contributed by atoms with Gasteiger partial charge in [0.25, 0.3) is 0 Å². The predicted octanol–water partition coefficient (Wildman–Crippen LogP) is 3.19. The van der Waals surface area contributed by atoms with Crippen molar-refractivity contribution >= 4 is 46.1 Å². The molecule has 2 aromatic rings. The molecule has 0 unspecified atom stereocenters. The Bertz CT molecular complexity index is 803. The Morgan fingerprint density at radius 3 is 2.87 bits per heavy atom. The van der Waals surface area contributed by atoms with Crippen molar-refractivity contribution in [3.05, 3.63) is 33.4 Å². The fraction of sp³-hybridized carbons (Fsp3) is 0.333. The molecule has 3 rings (SSSR count). The molecule has 2 heterocycles. The van der Waals surface area contributed by atoms with E-state index in [1.54, 1.807) is 11.0 Å². The molecule has 1 aromatic carbocycles. The molecule has 6 nitrogen and oxygen atoms in total. The predicted molar refractivity (Wildman–Crippen MR) is 88.2 cm³/mol. The third-order valence-electron chi connectivity index (χ3n) is 4.19. The zero-order valence-corrected chi connectivity index (χ0v) is 13.8. The van der Waals surface area contributed by atoms with E-state index in [0.717, 1.165) is 22.2 Å². The lowest BCUT2D eigenvalue weighted by molar-refractivity contribution is -0.132. The van der Waals surface area contributed by atoms with Gasteiger partial charge in [-0.15, -0.1) is 0 Å². The minimum absolute atomic E-state index is 0.173. The topological polar surface area (TPSA) is 85.4 Å². The second kappa shape index (κ2) is 5.94. The lowest BCUT2D eigenvalue weighted by Crippen LogP contribution is -2.44. The van der Waals surface area contributed by atoms with Crippen LogP contribution in [0.2, 0.25) is 10.0 Å². The first kappa shape index (κ1) is 16.0. The molecular weight excluding hydrogens is 341 g/mol. The second-order valence-electron chi connectivity index (χ2n) is 5.47. The number of carbonyl (C=O) groups excluding carboxylic acids is 1. The minimum atomic E-state index is -1.21. The number of aromatic nitrogens is 1. The Balaban J connectivity index is 1.96. The highest BCUT2D eigenvalue weighted by molar-refractivity contribution is 6.45. The van der Waals surface area contributed by atoms with Gasteiger partial charge in [-0.25, -0.2) is 4.79 Å². The fourth-order valence-electron chi connectivity index (χ4n) is 3.13. The van der Waals surface area contributed by atoms with Crippen molar-refractivity contribution < 1.29 is 14.7 Å². The van der Waals surface area contributed by atoms with Crippen molar-refractivity contribution in [2.75, 3.05) is 13.1 Å².